The third kappa shape index (κ3) is 4.38. The van der Waals surface area contributed by atoms with Crippen LogP contribution in [-0.2, 0) is 19.7 Å². The molecule has 36 heavy (non-hydrogen) atoms. The van der Waals surface area contributed by atoms with Crippen LogP contribution in [0.1, 0.15) is 56.9 Å². The SMILES string of the molecule is CCN1C2=C(C(=O)CCC2)C(c2cc(Cl)ccc2OS(=O)(=O)c2ccc(Cl)cc2)C2=C1CCCC2=O. The molecule has 0 spiro atoms. The molecule has 3 aliphatic rings. The zero-order valence-electron chi connectivity index (χ0n) is 19.7. The predicted octanol–water partition coefficient (Wildman–Crippen LogP) is 6.19. The minimum Gasteiger partial charge on any atom is -0.379 e. The van der Waals surface area contributed by atoms with Crippen molar-refractivity contribution in [3.63, 3.8) is 0 Å². The van der Waals surface area contributed by atoms with Gasteiger partial charge in [0.1, 0.15) is 10.6 Å². The number of rotatable bonds is 5. The van der Waals surface area contributed by atoms with Crippen LogP contribution in [0.4, 0.5) is 0 Å². The summed E-state index contributed by atoms with van der Waals surface area (Å²) in [6, 6.07) is 10.3. The molecule has 2 aromatic carbocycles. The van der Waals surface area contributed by atoms with E-state index >= 15 is 0 Å². The maximum atomic E-state index is 13.4. The quantitative estimate of drug-likeness (QED) is 0.416. The Labute approximate surface area is 220 Å². The summed E-state index contributed by atoms with van der Waals surface area (Å²) < 4.78 is 32.0. The van der Waals surface area contributed by atoms with Gasteiger partial charge in [-0.05, 0) is 75.1 Å². The average molecular weight is 546 g/mol. The second-order valence-electron chi connectivity index (χ2n) is 9.12. The Morgan fingerprint density at radius 3 is 1.97 bits per heavy atom. The van der Waals surface area contributed by atoms with Crippen molar-refractivity contribution >= 4 is 44.9 Å². The highest BCUT2D eigenvalue weighted by Gasteiger charge is 2.44. The van der Waals surface area contributed by atoms with E-state index in [-0.39, 0.29) is 22.2 Å². The Balaban J connectivity index is 1.70. The Bertz CT molecular complexity index is 1380. The molecule has 2 aromatic rings. The van der Waals surface area contributed by atoms with E-state index in [1.165, 1.54) is 36.4 Å². The number of allylic oxidation sites excluding steroid dienone is 4. The summed E-state index contributed by atoms with van der Waals surface area (Å²) in [4.78, 5) is 28.8. The number of benzene rings is 2. The van der Waals surface area contributed by atoms with Gasteiger partial charge in [0, 0.05) is 63.5 Å². The molecule has 0 amide bonds. The molecule has 1 aliphatic heterocycles. The van der Waals surface area contributed by atoms with Crippen molar-refractivity contribution in [3.05, 3.63) is 80.6 Å². The highest BCUT2D eigenvalue weighted by atomic mass is 35.5. The van der Waals surface area contributed by atoms with Crippen LogP contribution in [0.15, 0.2) is 69.9 Å². The smallest absolute Gasteiger partial charge is 0.339 e. The summed E-state index contributed by atoms with van der Waals surface area (Å²) in [5, 5.41) is 0.754. The van der Waals surface area contributed by atoms with Crippen LogP contribution in [0, 0.1) is 0 Å². The first kappa shape index (κ1) is 25.1. The number of hydrogen-bond acceptors (Lipinski definition) is 6. The first-order valence-electron chi connectivity index (χ1n) is 12.0. The van der Waals surface area contributed by atoms with Crippen molar-refractivity contribution in [2.75, 3.05) is 6.54 Å². The van der Waals surface area contributed by atoms with Crippen molar-refractivity contribution in [3.8, 4) is 5.75 Å². The van der Waals surface area contributed by atoms with Crippen molar-refractivity contribution in [2.45, 2.75) is 56.3 Å². The number of Topliss-reactive ketones (excluding diaryl/α,β-unsaturated/α-hetero) is 2. The van der Waals surface area contributed by atoms with E-state index in [2.05, 4.69) is 4.90 Å². The normalized spacial score (nSPS) is 18.9. The van der Waals surface area contributed by atoms with E-state index in [4.69, 9.17) is 27.4 Å². The van der Waals surface area contributed by atoms with Crippen molar-refractivity contribution in [2.24, 2.45) is 0 Å². The molecule has 6 nitrogen and oxygen atoms in total. The standard InChI is InChI=1S/C27H25Cl2NO5S/c1-2-30-20-5-3-7-22(31)26(20)25(27-21(30)6-4-8-23(27)32)19-15-17(29)11-14-24(19)35-36(33,34)18-12-9-16(28)10-13-18/h9-15,25H,2-8H2,1H3. The maximum Gasteiger partial charge on any atom is 0.339 e. The molecule has 2 aliphatic carbocycles. The zero-order chi connectivity index (χ0) is 25.6. The third-order valence-corrected chi connectivity index (χ3v) is 8.72. The fraction of sp³-hybridized carbons (Fsp3) is 0.333. The lowest BCUT2D eigenvalue weighted by molar-refractivity contribution is -0.117. The Kier molecular flexibility index (Phi) is 6.74. The van der Waals surface area contributed by atoms with Gasteiger partial charge in [-0.25, -0.2) is 0 Å². The van der Waals surface area contributed by atoms with Gasteiger partial charge >= 0.3 is 10.1 Å². The molecule has 188 valence electrons. The van der Waals surface area contributed by atoms with Crippen molar-refractivity contribution in [1.29, 1.82) is 0 Å². The fourth-order valence-corrected chi connectivity index (χ4v) is 6.76. The topological polar surface area (TPSA) is 80.8 Å². The zero-order valence-corrected chi connectivity index (χ0v) is 22.0. The summed E-state index contributed by atoms with van der Waals surface area (Å²) >= 11 is 12.3. The molecular formula is C27H25Cl2NO5S. The number of halogens is 2. The molecule has 5 rings (SSSR count). The first-order chi connectivity index (χ1) is 17.2. The van der Waals surface area contributed by atoms with Gasteiger partial charge in [-0.15, -0.1) is 0 Å². The molecule has 0 bridgehead atoms. The fourth-order valence-electron chi connectivity index (χ4n) is 5.50. The third-order valence-electron chi connectivity index (χ3n) is 6.99. The molecule has 9 heteroatoms. The van der Waals surface area contributed by atoms with Crippen LogP contribution in [0.25, 0.3) is 0 Å². The number of ketones is 2. The van der Waals surface area contributed by atoms with E-state index < -0.39 is 16.0 Å². The van der Waals surface area contributed by atoms with E-state index in [0.717, 1.165) is 37.1 Å². The van der Waals surface area contributed by atoms with Crippen molar-refractivity contribution < 1.29 is 22.2 Å². The molecule has 0 saturated heterocycles. The van der Waals surface area contributed by atoms with E-state index in [1.54, 1.807) is 6.07 Å². The lowest BCUT2D eigenvalue weighted by Gasteiger charge is -2.43. The van der Waals surface area contributed by atoms with Crippen LogP contribution in [-0.4, -0.2) is 31.4 Å². The molecule has 0 saturated carbocycles. The molecule has 0 N–H and O–H groups in total. The highest BCUT2D eigenvalue weighted by Crippen LogP contribution is 2.51. The van der Waals surface area contributed by atoms with Crippen LogP contribution >= 0.6 is 23.2 Å². The minimum absolute atomic E-state index is 0.0314. The van der Waals surface area contributed by atoms with E-state index in [1.807, 2.05) is 6.92 Å². The molecule has 0 fully saturated rings. The lowest BCUT2D eigenvalue weighted by Crippen LogP contribution is -2.39. The van der Waals surface area contributed by atoms with Gasteiger partial charge in [0.25, 0.3) is 0 Å². The number of hydrogen-bond donors (Lipinski definition) is 0. The van der Waals surface area contributed by atoms with Crippen LogP contribution in [0.5, 0.6) is 5.75 Å². The summed E-state index contributed by atoms with van der Waals surface area (Å²) in [5.41, 5.74) is 3.33. The van der Waals surface area contributed by atoms with Gasteiger partial charge in [0.2, 0.25) is 0 Å². The van der Waals surface area contributed by atoms with Gasteiger partial charge in [0.15, 0.2) is 11.6 Å². The summed E-state index contributed by atoms with van der Waals surface area (Å²) in [7, 11) is -4.22. The second kappa shape index (κ2) is 9.69. The predicted molar refractivity (Wildman–Crippen MR) is 138 cm³/mol. The van der Waals surface area contributed by atoms with Gasteiger partial charge in [-0.2, -0.15) is 8.42 Å². The summed E-state index contributed by atoms with van der Waals surface area (Å²) in [6.07, 6.45) is 3.67. The molecule has 0 aromatic heterocycles. The number of carbonyl (C=O) groups is 2. The largest absolute Gasteiger partial charge is 0.379 e. The molecule has 0 atom stereocenters. The van der Waals surface area contributed by atoms with Gasteiger partial charge < -0.3 is 9.08 Å². The van der Waals surface area contributed by atoms with E-state index in [9.17, 15) is 18.0 Å². The first-order valence-corrected chi connectivity index (χ1v) is 14.2. The molecule has 0 unspecified atom stereocenters. The van der Waals surface area contributed by atoms with Gasteiger partial charge in [-0.3, -0.25) is 9.59 Å². The summed E-state index contributed by atoms with van der Waals surface area (Å²) in [5.74, 6) is -0.750. The molecule has 0 radical (unpaired) electrons. The van der Waals surface area contributed by atoms with Crippen LogP contribution < -0.4 is 4.18 Å². The van der Waals surface area contributed by atoms with Crippen LogP contribution in [0.2, 0.25) is 10.0 Å². The highest BCUT2D eigenvalue weighted by molar-refractivity contribution is 7.87. The van der Waals surface area contributed by atoms with Gasteiger partial charge in [-0.1, -0.05) is 23.2 Å². The Morgan fingerprint density at radius 1 is 0.861 bits per heavy atom. The molecular weight excluding hydrogens is 521 g/mol. The van der Waals surface area contributed by atoms with E-state index in [0.29, 0.717) is 46.1 Å². The number of nitrogens with zero attached hydrogens (tertiary/aromatic N) is 1. The van der Waals surface area contributed by atoms with Gasteiger partial charge in [0.05, 0.1) is 0 Å². The number of carbonyl (C=O) groups excluding carboxylic acids is 2. The Morgan fingerprint density at radius 2 is 1.42 bits per heavy atom. The monoisotopic (exact) mass is 545 g/mol. The average Bonchev–Trinajstić information content (AvgIpc) is 2.84. The maximum absolute atomic E-state index is 13.4. The van der Waals surface area contributed by atoms with Crippen LogP contribution in [0.3, 0.4) is 0 Å². The van der Waals surface area contributed by atoms with Crippen molar-refractivity contribution in [1.82, 2.24) is 4.90 Å². The summed E-state index contributed by atoms with van der Waals surface area (Å²) in [6.45, 7) is 2.66. The Hall–Kier alpha value is -2.61. The lowest BCUT2D eigenvalue weighted by atomic mass is 9.70. The molecule has 1 heterocycles. The minimum atomic E-state index is -4.22. The second-order valence-corrected chi connectivity index (χ2v) is 11.5.